The summed E-state index contributed by atoms with van der Waals surface area (Å²) in [6.45, 7) is 8.92. The Morgan fingerprint density at radius 1 is 0.455 bits per heavy atom. The Bertz CT molecular complexity index is 473. The van der Waals surface area contributed by atoms with Crippen LogP contribution < -0.4 is 23.9 Å². The number of amides is 1. The predicted octanol–water partition coefficient (Wildman–Crippen LogP) is 8.91. The average molecular weight is 671 g/mol. The van der Waals surface area contributed by atoms with Crippen molar-refractivity contribution in [2.75, 3.05) is 34.2 Å². The van der Waals surface area contributed by atoms with Crippen LogP contribution in [0.5, 0.6) is 0 Å². The molecular formula is C38H85Cl2N3O. The number of quaternary nitrogens is 1. The zero-order chi connectivity index (χ0) is 32.0. The number of hydrogen-bond donors (Lipinski definition) is 2. The van der Waals surface area contributed by atoms with Crippen LogP contribution in [0, 0.1) is 0 Å². The molecule has 4 N–H and O–H groups in total. The van der Waals surface area contributed by atoms with Gasteiger partial charge in [-0.25, -0.2) is 0 Å². The molecule has 0 aliphatic carbocycles. The molecular weight excluding hydrogens is 585 g/mol. The first-order valence-electron chi connectivity index (χ1n) is 19.0. The van der Waals surface area contributed by atoms with Crippen molar-refractivity contribution in [1.82, 2.24) is 0 Å². The number of carbonyl (C=O) groups is 1. The summed E-state index contributed by atoms with van der Waals surface area (Å²) in [7, 11) is 6.64. The number of primary amides is 1. The Morgan fingerprint density at radius 3 is 0.886 bits per heavy atom. The van der Waals surface area contributed by atoms with E-state index in [-0.39, 0.29) is 30.7 Å². The van der Waals surface area contributed by atoms with Gasteiger partial charge >= 0.3 is 0 Å². The molecule has 0 rings (SSSR count). The van der Waals surface area contributed by atoms with Crippen molar-refractivity contribution in [2.24, 2.45) is 11.5 Å². The van der Waals surface area contributed by atoms with Crippen LogP contribution in [-0.2, 0) is 4.79 Å². The number of unbranched alkanes of at least 4 members (excludes halogenated alkanes) is 25. The van der Waals surface area contributed by atoms with E-state index in [2.05, 4.69) is 41.9 Å². The number of halogens is 2. The molecule has 0 saturated carbocycles. The highest BCUT2D eigenvalue weighted by molar-refractivity contribution is 5.85. The van der Waals surface area contributed by atoms with Crippen LogP contribution in [0.25, 0.3) is 0 Å². The quantitative estimate of drug-likeness (QED) is 0.0592. The van der Waals surface area contributed by atoms with E-state index in [1.807, 2.05) is 0 Å². The van der Waals surface area contributed by atoms with Gasteiger partial charge in [0.15, 0.2) is 0 Å². The van der Waals surface area contributed by atoms with Crippen LogP contribution >= 0.6 is 12.4 Å². The summed E-state index contributed by atoms with van der Waals surface area (Å²) in [6, 6.07) is 0. The van der Waals surface area contributed by atoms with E-state index < -0.39 is 0 Å². The second-order valence-electron chi connectivity index (χ2n) is 13.9. The van der Waals surface area contributed by atoms with E-state index in [1.165, 1.54) is 180 Å². The summed E-state index contributed by atoms with van der Waals surface area (Å²) < 4.78 is 1.09. The molecule has 0 aromatic carbocycles. The SMILES string of the molecule is CCCCCCCCCCCCCCCC(N)=O.CCCCCCCCCCCCCCCCN.CCC[N+](C)(C)C.Cl.[Cl-]. The molecule has 0 fully saturated rings. The number of nitrogens with zero attached hydrogens (tertiary/aromatic N) is 1. The van der Waals surface area contributed by atoms with Gasteiger partial charge in [0.05, 0.1) is 27.7 Å². The highest BCUT2D eigenvalue weighted by Gasteiger charge is 2.01. The Balaban J connectivity index is -0.000000183. The van der Waals surface area contributed by atoms with Crippen LogP contribution in [0.2, 0.25) is 0 Å². The third kappa shape index (κ3) is 64.8. The standard InChI is InChI=1S/C16H33NO.C16H35N.C6H16N.2ClH/c1-2-3-4-5-6-7-8-9-10-11-12-13-14-15-16(17)18;1-2-3-4-5-6-7-8-9-10-11-12-13-14-15-16-17;1-5-6-7(2,3)4;;/h2-15H2,1H3,(H2,17,18);2-17H2,1H3;5-6H2,1-4H3;2*1H/q;;+1;;/p-1. The Labute approximate surface area is 291 Å². The third-order valence-electron chi connectivity index (χ3n) is 7.98. The van der Waals surface area contributed by atoms with Gasteiger partial charge in [-0.05, 0) is 25.8 Å². The lowest BCUT2D eigenvalue weighted by Gasteiger charge is -2.22. The van der Waals surface area contributed by atoms with Gasteiger partial charge in [-0.1, -0.05) is 181 Å². The van der Waals surface area contributed by atoms with Crippen LogP contribution in [-0.4, -0.2) is 44.6 Å². The molecule has 0 aliphatic heterocycles. The Kier molecular flexibility index (Phi) is 57.6. The van der Waals surface area contributed by atoms with Crippen LogP contribution in [0.3, 0.4) is 0 Å². The largest absolute Gasteiger partial charge is 1.00 e. The molecule has 44 heavy (non-hydrogen) atoms. The van der Waals surface area contributed by atoms with Crippen molar-refractivity contribution in [3.8, 4) is 0 Å². The molecule has 0 aromatic rings. The Morgan fingerprint density at radius 2 is 0.705 bits per heavy atom. The Hall–Kier alpha value is -0.0300. The van der Waals surface area contributed by atoms with E-state index in [4.69, 9.17) is 11.5 Å². The fourth-order valence-electron chi connectivity index (χ4n) is 5.33. The first kappa shape index (κ1) is 53.5. The minimum absolute atomic E-state index is 0. The molecule has 0 saturated heterocycles. The summed E-state index contributed by atoms with van der Waals surface area (Å²) in [4.78, 5) is 10.5. The molecule has 0 heterocycles. The first-order valence-corrected chi connectivity index (χ1v) is 19.0. The van der Waals surface area contributed by atoms with Crippen molar-refractivity contribution < 1.29 is 21.7 Å². The lowest BCUT2D eigenvalue weighted by molar-refractivity contribution is -0.870. The molecule has 0 bridgehead atoms. The topological polar surface area (TPSA) is 69.1 Å². The molecule has 6 heteroatoms. The normalized spacial score (nSPS) is 10.5. The molecule has 272 valence electrons. The van der Waals surface area contributed by atoms with E-state index in [0.717, 1.165) is 17.4 Å². The van der Waals surface area contributed by atoms with Crippen LogP contribution in [0.15, 0.2) is 0 Å². The molecule has 1 amide bonds. The number of hydrogen-bond acceptors (Lipinski definition) is 2. The molecule has 0 radical (unpaired) electrons. The fourth-order valence-corrected chi connectivity index (χ4v) is 5.33. The second kappa shape index (κ2) is 47.4. The molecule has 0 spiro atoms. The van der Waals surface area contributed by atoms with E-state index >= 15 is 0 Å². The van der Waals surface area contributed by atoms with Gasteiger partial charge in [0.25, 0.3) is 0 Å². The van der Waals surface area contributed by atoms with E-state index in [9.17, 15) is 4.79 Å². The number of carbonyl (C=O) groups excluding carboxylic acids is 1. The summed E-state index contributed by atoms with van der Waals surface area (Å²) in [5.74, 6) is -0.155. The van der Waals surface area contributed by atoms with Gasteiger partial charge in [0.2, 0.25) is 5.91 Å². The zero-order valence-corrected chi connectivity index (χ0v) is 32.8. The predicted molar refractivity (Wildman–Crippen MR) is 199 cm³/mol. The lowest BCUT2D eigenvalue weighted by Crippen LogP contribution is -3.00. The van der Waals surface area contributed by atoms with Gasteiger partial charge in [-0.3, -0.25) is 4.79 Å². The zero-order valence-electron chi connectivity index (χ0n) is 31.2. The smallest absolute Gasteiger partial charge is 0.217 e. The van der Waals surface area contributed by atoms with Crippen molar-refractivity contribution in [3.63, 3.8) is 0 Å². The van der Waals surface area contributed by atoms with Crippen molar-refractivity contribution in [3.05, 3.63) is 0 Å². The maximum absolute atomic E-state index is 10.5. The minimum Gasteiger partial charge on any atom is -1.00 e. The molecule has 0 aliphatic rings. The number of rotatable bonds is 30. The summed E-state index contributed by atoms with van der Waals surface area (Å²) >= 11 is 0. The highest BCUT2D eigenvalue weighted by Crippen LogP contribution is 2.14. The molecule has 0 unspecified atom stereocenters. The fraction of sp³-hybridized carbons (Fsp3) is 0.974. The average Bonchev–Trinajstić information content (AvgIpc) is 2.94. The van der Waals surface area contributed by atoms with Gasteiger partial charge < -0.3 is 28.4 Å². The van der Waals surface area contributed by atoms with E-state index in [1.54, 1.807) is 0 Å². The van der Waals surface area contributed by atoms with Crippen LogP contribution in [0.4, 0.5) is 0 Å². The van der Waals surface area contributed by atoms with Gasteiger partial charge in [-0.15, -0.1) is 12.4 Å². The van der Waals surface area contributed by atoms with Crippen molar-refractivity contribution >= 4 is 18.3 Å². The van der Waals surface area contributed by atoms with Crippen LogP contribution in [0.1, 0.15) is 207 Å². The maximum Gasteiger partial charge on any atom is 0.217 e. The summed E-state index contributed by atoms with van der Waals surface area (Å²) in [5, 5.41) is 0. The van der Waals surface area contributed by atoms with Crippen molar-refractivity contribution in [2.45, 2.75) is 207 Å². The van der Waals surface area contributed by atoms with E-state index in [0.29, 0.717) is 6.42 Å². The summed E-state index contributed by atoms with van der Waals surface area (Å²) in [5.41, 5.74) is 10.6. The van der Waals surface area contributed by atoms with Gasteiger partial charge in [0, 0.05) is 6.42 Å². The lowest BCUT2D eigenvalue weighted by atomic mass is 10.0. The summed E-state index contributed by atoms with van der Waals surface area (Å²) in [6.07, 6.45) is 39.1. The minimum atomic E-state index is -0.155. The maximum atomic E-state index is 10.5. The monoisotopic (exact) mass is 670 g/mol. The van der Waals surface area contributed by atoms with Gasteiger partial charge in [0.1, 0.15) is 0 Å². The molecule has 4 nitrogen and oxygen atoms in total. The van der Waals surface area contributed by atoms with Crippen molar-refractivity contribution in [1.29, 1.82) is 0 Å². The molecule has 0 aromatic heterocycles. The third-order valence-corrected chi connectivity index (χ3v) is 7.98. The highest BCUT2D eigenvalue weighted by atomic mass is 35.5. The first-order chi connectivity index (χ1) is 20.2. The second-order valence-corrected chi connectivity index (χ2v) is 13.9. The molecule has 0 atom stereocenters. The number of nitrogens with two attached hydrogens (primary N) is 2. The van der Waals surface area contributed by atoms with Gasteiger partial charge in [-0.2, -0.15) is 0 Å².